The van der Waals surface area contributed by atoms with Crippen LogP contribution in [0, 0.1) is 0 Å². The molecule has 70 valence electrons. The molecule has 3 rings (SSSR count). The van der Waals surface area contributed by atoms with E-state index in [1.807, 2.05) is 36.5 Å². The van der Waals surface area contributed by atoms with Crippen LogP contribution in [0.2, 0.25) is 0 Å². The second-order valence-corrected chi connectivity index (χ2v) is 3.95. The molecule has 0 amide bonds. The fraction of sp³-hybridized carbons (Fsp3) is 0.250. The van der Waals surface area contributed by atoms with Gasteiger partial charge in [0.25, 0.3) is 0 Å². The summed E-state index contributed by atoms with van der Waals surface area (Å²) in [5.41, 5.74) is 0.195. The van der Waals surface area contributed by atoms with Gasteiger partial charge in [-0.15, -0.1) is 0 Å². The highest BCUT2D eigenvalue weighted by Crippen LogP contribution is 2.44. The smallest absolute Gasteiger partial charge is 0.107 e. The van der Waals surface area contributed by atoms with Gasteiger partial charge in [-0.05, 0) is 24.3 Å². The molecule has 1 aromatic heterocycles. The van der Waals surface area contributed by atoms with Crippen LogP contribution in [0.1, 0.15) is 18.5 Å². The first-order valence-electron chi connectivity index (χ1n) is 4.86. The third-order valence-corrected chi connectivity index (χ3v) is 2.83. The van der Waals surface area contributed by atoms with Crippen LogP contribution in [-0.4, -0.2) is 10.1 Å². The predicted molar refractivity (Wildman–Crippen MR) is 54.9 cm³/mol. The number of rotatable bonds is 1. The van der Waals surface area contributed by atoms with Crippen LogP contribution in [0.25, 0.3) is 10.8 Å². The molecule has 14 heavy (non-hydrogen) atoms. The topological polar surface area (TPSA) is 33.1 Å². The molecule has 0 bridgehead atoms. The molecule has 1 N–H and O–H groups in total. The zero-order valence-electron chi connectivity index (χ0n) is 7.77. The van der Waals surface area contributed by atoms with E-state index in [0.717, 1.165) is 29.3 Å². The van der Waals surface area contributed by atoms with Crippen molar-refractivity contribution in [3.8, 4) is 0 Å². The van der Waals surface area contributed by atoms with E-state index in [1.165, 1.54) is 0 Å². The van der Waals surface area contributed by atoms with Crippen LogP contribution in [0.15, 0.2) is 36.5 Å². The summed E-state index contributed by atoms with van der Waals surface area (Å²) in [5.74, 6) is 0. The highest BCUT2D eigenvalue weighted by molar-refractivity contribution is 5.81. The summed E-state index contributed by atoms with van der Waals surface area (Å²) < 4.78 is 0. The zero-order chi connectivity index (χ0) is 9.60. The van der Waals surface area contributed by atoms with E-state index in [9.17, 15) is 5.11 Å². The third-order valence-electron chi connectivity index (χ3n) is 2.83. The summed E-state index contributed by atoms with van der Waals surface area (Å²) in [5, 5.41) is 12.2. The average molecular weight is 185 g/mol. The van der Waals surface area contributed by atoms with Gasteiger partial charge in [0.2, 0.25) is 0 Å². The highest BCUT2D eigenvalue weighted by Gasteiger charge is 2.43. The lowest BCUT2D eigenvalue weighted by atomic mass is 10.1. The van der Waals surface area contributed by atoms with Gasteiger partial charge >= 0.3 is 0 Å². The number of benzene rings is 1. The van der Waals surface area contributed by atoms with E-state index in [4.69, 9.17) is 0 Å². The first kappa shape index (κ1) is 7.94. The second-order valence-electron chi connectivity index (χ2n) is 3.95. The van der Waals surface area contributed by atoms with Crippen LogP contribution in [0.5, 0.6) is 0 Å². The number of nitrogens with zero attached hydrogens (tertiary/aromatic N) is 1. The number of aliphatic hydroxyl groups is 1. The van der Waals surface area contributed by atoms with Gasteiger partial charge in [-0.2, -0.15) is 0 Å². The Morgan fingerprint density at radius 2 is 1.86 bits per heavy atom. The van der Waals surface area contributed by atoms with Gasteiger partial charge in [-0.3, -0.25) is 4.98 Å². The molecule has 2 nitrogen and oxygen atoms in total. The molecule has 1 aromatic carbocycles. The van der Waals surface area contributed by atoms with Gasteiger partial charge in [0, 0.05) is 11.6 Å². The Balaban J connectivity index is 2.20. The Morgan fingerprint density at radius 3 is 2.57 bits per heavy atom. The van der Waals surface area contributed by atoms with Crippen molar-refractivity contribution in [1.29, 1.82) is 0 Å². The first-order valence-corrected chi connectivity index (χ1v) is 4.86. The predicted octanol–water partition coefficient (Wildman–Crippen LogP) is 2.22. The summed E-state index contributed by atoms with van der Waals surface area (Å²) in [6, 6.07) is 10.1. The van der Waals surface area contributed by atoms with Crippen molar-refractivity contribution >= 4 is 10.8 Å². The minimum absolute atomic E-state index is 0.621. The van der Waals surface area contributed by atoms with Gasteiger partial charge in [-0.25, -0.2) is 0 Å². The lowest BCUT2D eigenvalue weighted by Gasteiger charge is -2.07. The van der Waals surface area contributed by atoms with E-state index in [-0.39, 0.29) is 0 Å². The van der Waals surface area contributed by atoms with Crippen LogP contribution in [0.3, 0.4) is 0 Å². The Morgan fingerprint density at radius 1 is 1.14 bits per heavy atom. The number of fused-ring (bicyclic) bond motifs is 1. The normalized spacial score (nSPS) is 18.4. The van der Waals surface area contributed by atoms with Gasteiger partial charge in [0.1, 0.15) is 5.60 Å². The van der Waals surface area contributed by atoms with E-state index in [0.29, 0.717) is 0 Å². The molecule has 1 heterocycles. The molecular formula is C12H11NO. The van der Waals surface area contributed by atoms with Crippen LogP contribution >= 0.6 is 0 Å². The molecule has 0 atom stereocenters. The molecule has 1 aliphatic rings. The monoisotopic (exact) mass is 185 g/mol. The standard InChI is InChI=1S/C12H11NO/c14-12(5-6-12)11-7-9-3-1-2-4-10(9)8-13-11/h1-4,7-8,14H,5-6H2. The molecule has 2 aromatic rings. The summed E-state index contributed by atoms with van der Waals surface area (Å²) >= 11 is 0. The molecule has 1 fully saturated rings. The molecule has 0 radical (unpaired) electrons. The summed E-state index contributed by atoms with van der Waals surface area (Å²) in [4.78, 5) is 4.29. The van der Waals surface area contributed by atoms with E-state index < -0.39 is 5.60 Å². The Hall–Kier alpha value is -1.41. The molecular weight excluding hydrogens is 174 g/mol. The minimum atomic E-state index is -0.621. The van der Waals surface area contributed by atoms with Crippen LogP contribution < -0.4 is 0 Å². The van der Waals surface area contributed by atoms with E-state index in [1.54, 1.807) is 0 Å². The van der Waals surface area contributed by atoms with Crippen molar-refractivity contribution in [3.63, 3.8) is 0 Å². The highest BCUT2D eigenvalue weighted by atomic mass is 16.3. The van der Waals surface area contributed by atoms with Crippen molar-refractivity contribution in [2.24, 2.45) is 0 Å². The van der Waals surface area contributed by atoms with Gasteiger partial charge in [-0.1, -0.05) is 24.3 Å². The Kier molecular flexibility index (Phi) is 1.45. The molecule has 0 aliphatic heterocycles. The van der Waals surface area contributed by atoms with Crippen LogP contribution in [0.4, 0.5) is 0 Å². The third kappa shape index (κ3) is 1.11. The quantitative estimate of drug-likeness (QED) is 0.739. The first-order chi connectivity index (χ1) is 6.78. The average Bonchev–Trinajstić information content (AvgIpc) is 2.97. The maximum absolute atomic E-state index is 9.90. The second kappa shape index (κ2) is 2.55. The maximum Gasteiger partial charge on any atom is 0.107 e. The Bertz CT molecular complexity index is 488. The van der Waals surface area contributed by atoms with Crippen molar-refractivity contribution < 1.29 is 5.11 Å². The summed E-state index contributed by atoms with van der Waals surface area (Å²) in [7, 11) is 0. The molecule has 1 aliphatic carbocycles. The lowest BCUT2D eigenvalue weighted by Crippen LogP contribution is -2.06. The molecule has 1 saturated carbocycles. The number of aromatic nitrogens is 1. The van der Waals surface area contributed by atoms with Gasteiger partial charge in [0.15, 0.2) is 0 Å². The van der Waals surface area contributed by atoms with Gasteiger partial charge < -0.3 is 5.11 Å². The van der Waals surface area contributed by atoms with Crippen molar-refractivity contribution in [2.45, 2.75) is 18.4 Å². The van der Waals surface area contributed by atoms with Crippen molar-refractivity contribution in [3.05, 3.63) is 42.2 Å². The summed E-state index contributed by atoms with van der Waals surface area (Å²) in [6.07, 6.45) is 3.53. The summed E-state index contributed by atoms with van der Waals surface area (Å²) in [6.45, 7) is 0. The van der Waals surface area contributed by atoms with Gasteiger partial charge in [0.05, 0.1) is 5.69 Å². The molecule has 2 heteroatoms. The number of hydrogen-bond acceptors (Lipinski definition) is 2. The number of pyridine rings is 1. The fourth-order valence-electron chi connectivity index (χ4n) is 1.71. The van der Waals surface area contributed by atoms with E-state index in [2.05, 4.69) is 4.98 Å². The van der Waals surface area contributed by atoms with Crippen molar-refractivity contribution in [2.75, 3.05) is 0 Å². The lowest BCUT2D eigenvalue weighted by molar-refractivity contribution is 0.146. The molecule has 0 spiro atoms. The zero-order valence-corrected chi connectivity index (χ0v) is 7.77. The SMILES string of the molecule is OC1(c2cc3ccccc3cn2)CC1. The molecule has 0 unspecified atom stereocenters. The number of hydrogen-bond donors (Lipinski definition) is 1. The maximum atomic E-state index is 9.90. The minimum Gasteiger partial charge on any atom is -0.384 e. The Labute approximate surface area is 82.2 Å². The largest absolute Gasteiger partial charge is 0.384 e. The fourth-order valence-corrected chi connectivity index (χ4v) is 1.71. The van der Waals surface area contributed by atoms with E-state index >= 15 is 0 Å². The van der Waals surface area contributed by atoms with Crippen molar-refractivity contribution in [1.82, 2.24) is 4.98 Å². The van der Waals surface area contributed by atoms with Crippen LogP contribution in [-0.2, 0) is 5.60 Å². The molecule has 0 saturated heterocycles.